The van der Waals surface area contributed by atoms with Gasteiger partial charge in [0.15, 0.2) is 5.82 Å². The number of piperidine rings is 1. The summed E-state index contributed by atoms with van der Waals surface area (Å²) in [6.45, 7) is 3.59. The van der Waals surface area contributed by atoms with Crippen LogP contribution in [0, 0.1) is 6.92 Å². The predicted molar refractivity (Wildman–Crippen MR) is 111 cm³/mol. The number of rotatable bonds is 4. The third kappa shape index (κ3) is 3.83. The predicted octanol–water partition coefficient (Wildman–Crippen LogP) is 3.52. The first-order valence-corrected chi connectivity index (χ1v) is 10.0. The molecule has 3 fully saturated rings. The Kier molecular flexibility index (Phi) is 4.62. The van der Waals surface area contributed by atoms with Crippen LogP contribution in [0.25, 0.3) is 10.8 Å². The number of nitrogens with zero attached hydrogens (tertiary/aromatic N) is 4. The molecule has 0 saturated carbocycles. The topological polar surface area (TPSA) is 89.2 Å². The number of halogens is 3. The van der Waals surface area contributed by atoms with E-state index in [-0.39, 0.29) is 30.1 Å². The van der Waals surface area contributed by atoms with Crippen LogP contribution in [-0.4, -0.2) is 40.5 Å². The number of fused-ring (bicyclic) bond motifs is 3. The maximum Gasteiger partial charge on any atom is 0.433 e. The van der Waals surface area contributed by atoms with Crippen molar-refractivity contribution in [2.75, 3.05) is 29.0 Å². The van der Waals surface area contributed by atoms with E-state index in [0.29, 0.717) is 5.82 Å². The van der Waals surface area contributed by atoms with Gasteiger partial charge in [0.25, 0.3) is 0 Å². The molecule has 6 rings (SSSR count). The highest BCUT2D eigenvalue weighted by molar-refractivity contribution is 5.95. The van der Waals surface area contributed by atoms with Gasteiger partial charge >= 0.3 is 6.18 Å². The number of nitrogens with one attached hydrogen (secondary N) is 1. The van der Waals surface area contributed by atoms with Gasteiger partial charge in [-0.25, -0.2) is 4.98 Å². The summed E-state index contributed by atoms with van der Waals surface area (Å²) in [5, 5.41) is 13.3. The van der Waals surface area contributed by atoms with Gasteiger partial charge in [-0.3, -0.25) is 0 Å². The fraction of sp³-hybridized carbons (Fsp3) is 0.381. The Morgan fingerprint density at radius 3 is 2.58 bits per heavy atom. The summed E-state index contributed by atoms with van der Waals surface area (Å²) >= 11 is 0. The summed E-state index contributed by atoms with van der Waals surface area (Å²) in [7, 11) is 0. The number of anilines is 3. The third-order valence-electron chi connectivity index (χ3n) is 5.70. The van der Waals surface area contributed by atoms with Gasteiger partial charge in [0.05, 0.1) is 30.1 Å². The third-order valence-corrected chi connectivity index (χ3v) is 5.70. The molecule has 0 aliphatic carbocycles. The number of ether oxygens (including phenoxy) is 1. The van der Waals surface area contributed by atoms with E-state index in [9.17, 15) is 13.2 Å². The van der Waals surface area contributed by atoms with E-state index < -0.39 is 11.9 Å². The largest absolute Gasteiger partial charge is 0.433 e. The summed E-state index contributed by atoms with van der Waals surface area (Å²) in [5.41, 5.74) is 6.64. The van der Waals surface area contributed by atoms with E-state index in [2.05, 4.69) is 31.5 Å². The van der Waals surface area contributed by atoms with Crippen molar-refractivity contribution in [3.63, 3.8) is 0 Å². The van der Waals surface area contributed by atoms with Crippen molar-refractivity contribution in [3.8, 4) is 0 Å². The number of aryl methyl sites for hydroxylation is 1. The molecule has 10 heteroatoms. The highest BCUT2D eigenvalue weighted by atomic mass is 19.4. The first-order valence-electron chi connectivity index (χ1n) is 10.0. The smallest absolute Gasteiger partial charge is 0.399 e. The van der Waals surface area contributed by atoms with Crippen LogP contribution in [0.4, 0.5) is 30.4 Å². The minimum absolute atomic E-state index is 0.00661. The van der Waals surface area contributed by atoms with E-state index >= 15 is 0 Å². The molecule has 31 heavy (non-hydrogen) atoms. The van der Waals surface area contributed by atoms with Gasteiger partial charge < -0.3 is 20.7 Å². The molecule has 1 aromatic carbocycles. The second-order valence-electron chi connectivity index (χ2n) is 8.01. The lowest BCUT2D eigenvalue weighted by molar-refractivity contribution is -0.141. The highest BCUT2D eigenvalue weighted by Crippen LogP contribution is 2.34. The molecular weight excluding hydrogens is 409 g/mol. The van der Waals surface area contributed by atoms with Crippen LogP contribution in [0.1, 0.15) is 23.5 Å². The summed E-state index contributed by atoms with van der Waals surface area (Å²) in [6, 6.07) is 8.33. The minimum atomic E-state index is -4.56. The number of benzene rings is 1. The molecule has 2 bridgehead atoms. The van der Waals surface area contributed by atoms with Crippen molar-refractivity contribution in [3.05, 3.63) is 47.4 Å². The fourth-order valence-corrected chi connectivity index (χ4v) is 4.19. The van der Waals surface area contributed by atoms with Gasteiger partial charge in [0.1, 0.15) is 5.69 Å². The number of pyridine rings is 1. The zero-order chi connectivity index (χ0) is 21.8. The molecule has 5 heterocycles. The summed E-state index contributed by atoms with van der Waals surface area (Å²) in [4.78, 5) is 5.97. The summed E-state index contributed by atoms with van der Waals surface area (Å²) in [5.74, 6) is 0.485. The van der Waals surface area contributed by atoms with Crippen LogP contribution in [0.2, 0.25) is 0 Å². The van der Waals surface area contributed by atoms with Crippen molar-refractivity contribution in [2.45, 2.75) is 38.3 Å². The van der Waals surface area contributed by atoms with Crippen LogP contribution < -0.4 is 16.0 Å². The molecule has 0 amide bonds. The van der Waals surface area contributed by atoms with Crippen molar-refractivity contribution in [1.82, 2.24) is 15.2 Å². The van der Waals surface area contributed by atoms with E-state index in [4.69, 9.17) is 10.5 Å². The molecule has 3 aromatic rings. The van der Waals surface area contributed by atoms with Crippen molar-refractivity contribution in [1.29, 1.82) is 0 Å². The second kappa shape index (κ2) is 7.23. The van der Waals surface area contributed by atoms with Crippen molar-refractivity contribution < 1.29 is 17.9 Å². The molecule has 7 nitrogen and oxygen atoms in total. The van der Waals surface area contributed by atoms with Crippen LogP contribution in [0.5, 0.6) is 0 Å². The number of nitrogens with two attached hydrogens (primary N) is 1. The zero-order valence-electron chi connectivity index (χ0n) is 16.8. The van der Waals surface area contributed by atoms with Gasteiger partial charge in [-0.15, -0.1) is 5.10 Å². The molecule has 2 aromatic heterocycles. The number of aromatic nitrogens is 3. The van der Waals surface area contributed by atoms with E-state index in [1.165, 1.54) is 6.07 Å². The lowest BCUT2D eigenvalue weighted by Crippen LogP contribution is -2.57. The van der Waals surface area contributed by atoms with Crippen LogP contribution in [0.15, 0.2) is 30.3 Å². The van der Waals surface area contributed by atoms with Gasteiger partial charge in [0, 0.05) is 41.7 Å². The average Bonchev–Trinajstić information content (AvgIpc) is 2.72. The van der Waals surface area contributed by atoms with Crippen molar-refractivity contribution in [2.24, 2.45) is 0 Å². The SMILES string of the molecule is Cc1nnc(NCc2cc(N)cc(C(F)(F)F)n2)c2cc(N3CC4CC(C3)O4)ccc12. The van der Waals surface area contributed by atoms with Crippen LogP contribution in [-0.2, 0) is 17.5 Å². The Balaban J connectivity index is 1.44. The Morgan fingerprint density at radius 2 is 1.87 bits per heavy atom. The summed E-state index contributed by atoms with van der Waals surface area (Å²) in [6.07, 6.45) is -2.90. The minimum Gasteiger partial charge on any atom is -0.399 e. The Bertz CT molecular complexity index is 1140. The number of hydrogen-bond acceptors (Lipinski definition) is 7. The Labute approximate surface area is 176 Å². The molecule has 0 spiro atoms. The maximum atomic E-state index is 13.0. The van der Waals surface area contributed by atoms with E-state index in [1.807, 2.05) is 19.1 Å². The van der Waals surface area contributed by atoms with Gasteiger partial charge in [0.2, 0.25) is 0 Å². The molecular formula is C21H21F3N6O. The number of nitrogen functional groups attached to an aromatic ring is 1. The summed E-state index contributed by atoms with van der Waals surface area (Å²) < 4.78 is 44.8. The molecule has 2 atom stereocenters. The Morgan fingerprint density at radius 1 is 1.13 bits per heavy atom. The standard InChI is InChI=1S/C21H21F3N6O/c1-11-17-3-2-14(30-9-15-7-16(10-30)31-15)6-18(17)20(29-28-11)26-8-13-4-12(25)5-19(27-13)21(22,23)24/h2-6,15-16H,7-10H2,1H3,(H2,25,27)(H,26,29). The van der Waals surface area contributed by atoms with E-state index in [0.717, 1.165) is 47.7 Å². The lowest BCUT2D eigenvalue weighted by atomic mass is 9.98. The Hall–Kier alpha value is -3.14. The number of hydrogen-bond donors (Lipinski definition) is 2. The van der Waals surface area contributed by atoms with Crippen LogP contribution in [0.3, 0.4) is 0 Å². The van der Waals surface area contributed by atoms with Gasteiger partial charge in [-0.05, 0) is 31.2 Å². The van der Waals surface area contributed by atoms with Gasteiger partial charge in [-0.2, -0.15) is 18.3 Å². The quantitative estimate of drug-likeness (QED) is 0.655. The fourth-order valence-electron chi connectivity index (χ4n) is 4.19. The number of morpholine rings is 1. The molecule has 3 N–H and O–H groups in total. The molecule has 3 aliphatic rings. The maximum absolute atomic E-state index is 13.0. The molecule has 3 saturated heterocycles. The molecule has 3 aliphatic heterocycles. The van der Waals surface area contributed by atoms with Gasteiger partial charge in [-0.1, -0.05) is 6.07 Å². The zero-order valence-corrected chi connectivity index (χ0v) is 16.8. The second-order valence-corrected chi connectivity index (χ2v) is 8.01. The first-order chi connectivity index (χ1) is 14.8. The number of alkyl halides is 3. The first kappa shape index (κ1) is 19.8. The van der Waals surface area contributed by atoms with Crippen LogP contribution >= 0.6 is 0 Å². The molecule has 2 unspecified atom stereocenters. The highest BCUT2D eigenvalue weighted by Gasteiger charge is 2.38. The lowest BCUT2D eigenvalue weighted by Gasteiger charge is -2.48. The normalized spacial score (nSPS) is 20.6. The molecule has 0 radical (unpaired) electrons. The molecule has 162 valence electrons. The average molecular weight is 430 g/mol. The van der Waals surface area contributed by atoms with Crippen molar-refractivity contribution >= 4 is 28.0 Å². The van der Waals surface area contributed by atoms with E-state index in [1.54, 1.807) is 0 Å². The monoisotopic (exact) mass is 430 g/mol.